The molecule has 0 bridgehead atoms. The molecule has 2 N–H and O–H groups in total. The van der Waals surface area contributed by atoms with E-state index in [-0.39, 0.29) is 0 Å². The highest BCUT2D eigenvalue weighted by Gasteiger charge is 2.21. The Bertz CT molecular complexity index is 595. The second-order valence-corrected chi connectivity index (χ2v) is 6.10. The first-order valence-electron chi connectivity index (χ1n) is 6.76. The fourth-order valence-electron chi connectivity index (χ4n) is 2.31. The van der Waals surface area contributed by atoms with Gasteiger partial charge in [0.25, 0.3) is 0 Å². The van der Waals surface area contributed by atoms with Crippen LogP contribution in [0.2, 0.25) is 0 Å². The zero-order valence-corrected chi connectivity index (χ0v) is 12.8. The van der Waals surface area contributed by atoms with E-state index in [1.165, 1.54) is 5.75 Å². The monoisotopic (exact) mass is 312 g/mol. The minimum absolute atomic E-state index is 0.460. The van der Waals surface area contributed by atoms with Gasteiger partial charge in [-0.05, 0) is 18.6 Å². The number of imidazole rings is 1. The van der Waals surface area contributed by atoms with E-state index < -0.39 is 0 Å². The first kappa shape index (κ1) is 13.8. The molecular formula is C12H17ClN6S. The molecule has 1 fully saturated rings. The van der Waals surface area contributed by atoms with E-state index in [1.54, 1.807) is 0 Å². The quantitative estimate of drug-likeness (QED) is 0.828. The molecule has 0 saturated carbocycles. The lowest BCUT2D eigenvalue weighted by Gasteiger charge is -2.12. The van der Waals surface area contributed by atoms with Crippen molar-refractivity contribution in [3.05, 3.63) is 6.33 Å². The minimum Gasteiger partial charge on any atom is -0.354 e. The summed E-state index contributed by atoms with van der Waals surface area (Å²) in [5.41, 5.74) is 1.56. The van der Waals surface area contributed by atoms with Crippen molar-refractivity contribution < 1.29 is 0 Å². The summed E-state index contributed by atoms with van der Waals surface area (Å²) >= 11 is 7.73. The van der Waals surface area contributed by atoms with Crippen LogP contribution >= 0.6 is 23.5 Å². The topological polar surface area (TPSA) is 67.7 Å². The summed E-state index contributed by atoms with van der Waals surface area (Å²) in [5, 5.41) is 3.20. The van der Waals surface area contributed by atoms with Crippen LogP contribution in [0.5, 0.6) is 0 Å². The van der Waals surface area contributed by atoms with Gasteiger partial charge in [0, 0.05) is 30.1 Å². The van der Waals surface area contributed by atoms with Crippen LogP contribution in [0.15, 0.2) is 6.33 Å². The van der Waals surface area contributed by atoms with Crippen LogP contribution in [0.25, 0.3) is 11.2 Å². The highest BCUT2D eigenvalue weighted by Crippen LogP contribution is 2.31. The molecule has 20 heavy (non-hydrogen) atoms. The molecule has 0 radical (unpaired) electrons. The van der Waals surface area contributed by atoms with E-state index >= 15 is 0 Å². The van der Waals surface area contributed by atoms with Crippen molar-refractivity contribution in [3.63, 3.8) is 0 Å². The van der Waals surface area contributed by atoms with Crippen molar-refractivity contribution in [2.75, 3.05) is 28.2 Å². The maximum Gasteiger partial charge on any atom is 0.226 e. The van der Waals surface area contributed by atoms with Gasteiger partial charge in [-0.15, -0.1) is 0 Å². The second kappa shape index (κ2) is 6.05. The molecule has 0 spiro atoms. The normalized spacial score (nSPS) is 18.6. The molecule has 3 rings (SSSR count). The van der Waals surface area contributed by atoms with Gasteiger partial charge >= 0.3 is 0 Å². The van der Waals surface area contributed by atoms with Crippen LogP contribution in [-0.2, 0) is 0 Å². The predicted octanol–water partition coefficient (Wildman–Crippen LogP) is 2.89. The smallest absolute Gasteiger partial charge is 0.226 e. The summed E-state index contributed by atoms with van der Waals surface area (Å²) in [7, 11) is 0. The Hall–Kier alpha value is -1.21. The largest absolute Gasteiger partial charge is 0.354 e. The summed E-state index contributed by atoms with van der Waals surface area (Å²) < 4.78 is 2.14. The highest BCUT2D eigenvalue weighted by molar-refractivity contribution is 7.99. The number of nitrogens with zero attached hydrogens (tertiary/aromatic N) is 4. The number of rotatable bonds is 5. The van der Waals surface area contributed by atoms with E-state index in [9.17, 15) is 0 Å². The van der Waals surface area contributed by atoms with Crippen LogP contribution in [0.1, 0.15) is 25.8 Å². The Morgan fingerprint density at radius 2 is 2.40 bits per heavy atom. The second-order valence-electron chi connectivity index (χ2n) is 4.76. The molecule has 6 nitrogen and oxygen atoms in total. The molecule has 2 aromatic rings. The summed E-state index contributed by atoms with van der Waals surface area (Å²) in [6.45, 7) is 2.94. The fraction of sp³-hybridized carbons (Fsp3) is 0.583. The van der Waals surface area contributed by atoms with Crippen LogP contribution in [0.4, 0.5) is 11.8 Å². The number of aromatic nitrogens is 4. The molecule has 1 aliphatic heterocycles. The van der Waals surface area contributed by atoms with Crippen LogP contribution in [0, 0.1) is 0 Å². The SMILES string of the molecule is CCCNc1nc(NCl)c2ncn(C3CCSC3)c2n1. The number of anilines is 2. The minimum atomic E-state index is 0.460. The zero-order chi connectivity index (χ0) is 13.9. The molecule has 108 valence electrons. The number of halogens is 1. The first-order valence-corrected chi connectivity index (χ1v) is 8.29. The van der Waals surface area contributed by atoms with Gasteiger partial charge in [-0.3, -0.25) is 4.84 Å². The third-order valence-corrected chi connectivity index (χ3v) is 4.67. The standard InChI is InChI=1S/C12H17ClN6S/c1-2-4-14-12-16-10(18-13)9-11(17-12)19(7-15-9)8-3-5-20-6-8/h7-8H,2-6H2,1H3,(H2,14,16,17,18). The Labute approximate surface area is 126 Å². The number of fused-ring (bicyclic) bond motifs is 1. The first-order chi connectivity index (χ1) is 9.83. The van der Waals surface area contributed by atoms with Crippen LogP contribution in [0.3, 0.4) is 0 Å². The Morgan fingerprint density at radius 3 is 3.10 bits per heavy atom. The average molecular weight is 313 g/mol. The third kappa shape index (κ3) is 2.52. The molecule has 1 saturated heterocycles. The van der Waals surface area contributed by atoms with Crippen molar-refractivity contribution in [2.45, 2.75) is 25.8 Å². The number of thioether (sulfide) groups is 1. The van der Waals surface area contributed by atoms with Crippen LogP contribution in [-0.4, -0.2) is 37.6 Å². The summed E-state index contributed by atoms with van der Waals surface area (Å²) in [5.74, 6) is 3.45. The van der Waals surface area contributed by atoms with Crippen molar-refractivity contribution in [1.29, 1.82) is 0 Å². The molecule has 1 aliphatic rings. The molecule has 0 amide bonds. The molecule has 0 aliphatic carbocycles. The van der Waals surface area contributed by atoms with Gasteiger partial charge in [-0.2, -0.15) is 21.7 Å². The van der Waals surface area contributed by atoms with Gasteiger partial charge in [-0.1, -0.05) is 6.92 Å². The molecule has 8 heteroatoms. The van der Waals surface area contributed by atoms with Crippen LogP contribution < -0.4 is 10.2 Å². The summed E-state index contributed by atoms with van der Waals surface area (Å²) in [6.07, 6.45) is 4.02. The van der Waals surface area contributed by atoms with E-state index in [4.69, 9.17) is 11.8 Å². The van der Waals surface area contributed by atoms with Gasteiger partial charge in [-0.25, -0.2) is 4.98 Å². The van der Waals surface area contributed by atoms with Gasteiger partial charge in [0.15, 0.2) is 17.0 Å². The van der Waals surface area contributed by atoms with Gasteiger partial charge in [0.1, 0.15) is 0 Å². The number of hydrogen-bond acceptors (Lipinski definition) is 6. The van der Waals surface area contributed by atoms with Crippen molar-refractivity contribution >= 4 is 46.5 Å². The van der Waals surface area contributed by atoms with Gasteiger partial charge < -0.3 is 9.88 Å². The predicted molar refractivity (Wildman–Crippen MR) is 84.6 cm³/mol. The fourth-order valence-corrected chi connectivity index (χ4v) is 3.64. The van der Waals surface area contributed by atoms with E-state index in [0.29, 0.717) is 17.8 Å². The van der Waals surface area contributed by atoms with Crippen molar-refractivity contribution in [1.82, 2.24) is 19.5 Å². The van der Waals surface area contributed by atoms with Gasteiger partial charge in [0.05, 0.1) is 6.33 Å². The number of hydrogen-bond donors (Lipinski definition) is 2. The summed E-state index contributed by atoms with van der Waals surface area (Å²) in [4.78, 5) is 15.9. The maximum absolute atomic E-state index is 5.76. The summed E-state index contributed by atoms with van der Waals surface area (Å²) in [6, 6.07) is 0.460. The van der Waals surface area contributed by atoms with Gasteiger partial charge in [0.2, 0.25) is 5.95 Å². The van der Waals surface area contributed by atoms with Crippen molar-refractivity contribution in [3.8, 4) is 0 Å². The molecule has 3 heterocycles. The molecule has 2 aromatic heterocycles. The number of nitrogens with one attached hydrogen (secondary N) is 2. The lowest BCUT2D eigenvalue weighted by atomic mass is 10.2. The molecular weight excluding hydrogens is 296 g/mol. The zero-order valence-electron chi connectivity index (χ0n) is 11.3. The maximum atomic E-state index is 5.76. The lowest BCUT2D eigenvalue weighted by molar-refractivity contribution is 0.571. The lowest BCUT2D eigenvalue weighted by Crippen LogP contribution is -2.10. The van der Waals surface area contributed by atoms with Crippen molar-refractivity contribution in [2.24, 2.45) is 0 Å². The Kier molecular flexibility index (Phi) is 4.16. The average Bonchev–Trinajstić information content (AvgIpc) is 3.12. The molecule has 1 unspecified atom stereocenters. The highest BCUT2D eigenvalue weighted by atomic mass is 35.5. The van der Waals surface area contributed by atoms with E-state index in [1.807, 2.05) is 18.1 Å². The molecule has 1 atom stereocenters. The van der Waals surface area contributed by atoms with E-state index in [0.717, 1.165) is 36.3 Å². The van der Waals surface area contributed by atoms with E-state index in [2.05, 4.69) is 36.6 Å². The molecule has 0 aromatic carbocycles. The Balaban J connectivity index is 2.04. The Morgan fingerprint density at radius 1 is 1.50 bits per heavy atom. The third-order valence-electron chi connectivity index (χ3n) is 3.34.